The van der Waals surface area contributed by atoms with Gasteiger partial charge in [0.2, 0.25) is 5.91 Å². The van der Waals surface area contributed by atoms with E-state index in [1.165, 1.54) is 34.9 Å². The van der Waals surface area contributed by atoms with Gasteiger partial charge in [0, 0.05) is 43.0 Å². The molecule has 1 amide bonds. The van der Waals surface area contributed by atoms with Gasteiger partial charge in [-0.05, 0) is 56.5 Å². The van der Waals surface area contributed by atoms with Crippen molar-refractivity contribution in [1.82, 2.24) is 24.8 Å². The van der Waals surface area contributed by atoms with Gasteiger partial charge >= 0.3 is 5.69 Å². The van der Waals surface area contributed by atoms with Crippen LogP contribution in [0.4, 0.5) is 14.6 Å². The zero-order chi connectivity index (χ0) is 29.6. The Bertz CT molecular complexity index is 1660. The van der Waals surface area contributed by atoms with Crippen LogP contribution < -0.4 is 15.9 Å². The lowest BCUT2D eigenvalue weighted by atomic mass is 10.0. The summed E-state index contributed by atoms with van der Waals surface area (Å²) >= 11 is 0. The van der Waals surface area contributed by atoms with Crippen molar-refractivity contribution >= 4 is 28.5 Å². The van der Waals surface area contributed by atoms with Gasteiger partial charge in [-0.25, -0.2) is 23.1 Å². The number of carbonyl (C=O) groups is 1. The molecule has 2 atom stereocenters. The molecule has 2 aliphatic heterocycles. The molecular weight excluding hydrogens is 526 g/mol. The van der Waals surface area contributed by atoms with Crippen molar-refractivity contribution in [3.8, 4) is 11.3 Å². The number of hydrogen-bond donors (Lipinski definition) is 1. The van der Waals surface area contributed by atoms with E-state index in [2.05, 4.69) is 21.9 Å². The number of piperazine rings is 1. The third-order valence-corrected chi connectivity index (χ3v) is 7.71. The van der Waals surface area contributed by atoms with E-state index in [-0.39, 0.29) is 46.6 Å². The molecule has 0 saturated carbocycles. The molecule has 1 N–H and O–H groups in total. The van der Waals surface area contributed by atoms with Crippen molar-refractivity contribution in [3.05, 3.63) is 82.5 Å². The predicted molar refractivity (Wildman–Crippen MR) is 157 cm³/mol. The van der Waals surface area contributed by atoms with Gasteiger partial charge < -0.3 is 15.1 Å². The minimum atomic E-state index is -0.732. The molecule has 1 fully saturated rings. The van der Waals surface area contributed by atoms with Gasteiger partial charge in [-0.3, -0.25) is 4.79 Å². The number of allylic oxidation sites excluding steroid dienone is 3. The average Bonchev–Trinajstić information content (AvgIpc) is 2.92. The van der Waals surface area contributed by atoms with Gasteiger partial charge in [0.15, 0.2) is 5.65 Å². The number of pyridine rings is 1. The van der Waals surface area contributed by atoms with Gasteiger partial charge in [0.25, 0.3) is 0 Å². The summed E-state index contributed by atoms with van der Waals surface area (Å²) in [7, 11) is 0. The first-order chi connectivity index (χ1) is 19.5. The summed E-state index contributed by atoms with van der Waals surface area (Å²) < 4.78 is 32.0. The molecule has 2 aromatic heterocycles. The predicted octanol–water partition coefficient (Wildman–Crippen LogP) is 4.72. The molecule has 0 bridgehead atoms. The highest BCUT2D eigenvalue weighted by atomic mass is 19.1. The van der Waals surface area contributed by atoms with Crippen LogP contribution in [0, 0.1) is 17.6 Å². The summed E-state index contributed by atoms with van der Waals surface area (Å²) in [5, 5.41) is 3.68. The van der Waals surface area contributed by atoms with Crippen LogP contribution in [0.25, 0.3) is 28.0 Å². The lowest BCUT2D eigenvalue weighted by molar-refractivity contribution is -0.130. The van der Waals surface area contributed by atoms with E-state index in [9.17, 15) is 14.0 Å². The van der Waals surface area contributed by atoms with E-state index in [1.807, 2.05) is 45.6 Å². The number of amides is 1. The summed E-state index contributed by atoms with van der Waals surface area (Å²) in [6, 6.07) is 6.68. The highest BCUT2D eigenvalue weighted by Gasteiger charge is 2.34. The second kappa shape index (κ2) is 10.9. The highest BCUT2D eigenvalue weighted by Crippen LogP contribution is 2.34. The SMILES string of the molecule is C=CC(=O)N1[C@H](C)CN(c2nc(=O)n(C3=C(C(C)C)NCC=C3C)c3nc(-c4ccccc4F)c(F)cc23)C[C@@H]1C. The molecule has 1 aromatic carbocycles. The zero-order valence-electron chi connectivity index (χ0n) is 23.9. The summed E-state index contributed by atoms with van der Waals surface area (Å²) in [6.45, 7) is 14.7. The van der Waals surface area contributed by atoms with Crippen LogP contribution in [0.2, 0.25) is 0 Å². The maximum absolute atomic E-state index is 15.8. The molecule has 8 nitrogen and oxygen atoms in total. The fraction of sp³-hybridized carbons (Fsp3) is 0.355. The van der Waals surface area contributed by atoms with Crippen LogP contribution >= 0.6 is 0 Å². The number of carbonyl (C=O) groups excluding carboxylic acids is 1. The van der Waals surface area contributed by atoms with E-state index < -0.39 is 17.3 Å². The Labute approximate surface area is 237 Å². The monoisotopic (exact) mass is 560 g/mol. The second-order valence-electron chi connectivity index (χ2n) is 11.0. The Hall–Kier alpha value is -4.34. The van der Waals surface area contributed by atoms with Gasteiger partial charge in [0.05, 0.1) is 11.1 Å². The Morgan fingerprint density at radius 3 is 2.44 bits per heavy atom. The van der Waals surface area contributed by atoms with Gasteiger partial charge in [-0.15, -0.1) is 0 Å². The third kappa shape index (κ3) is 4.92. The molecule has 2 aliphatic rings. The molecule has 0 radical (unpaired) electrons. The molecule has 4 heterocycles. The van der Waals surface area contributed by atoms with Gasteiger partial charge in [0.1, 0.15) is 23.1 Å². The van der Waals surface area contributed by atoms with Crippen molar-refractivity contribution in [2.45, 2.75) is 46.7 Å². The lowest BCUT2D eigenvalue weighted by Gasteiger charge is -2.44. The normalized spacial score (nSPS) is 19.5. The summed E-state index contributed by atoms with van der Waals surface area (Å²) in [6.07, 6.45) is 3.25. The fourth-order valence-electron chi connectivity index (χ4n) is 5.91. The quantitative estimate of drug-likeness (QED) is 0.455. The number of rotatable bonds is 5. The zero-order valence-corrected chi connectivity index (χ0v) is 23.9. The molecule has 214 valence electrons. The molecule has 0 unspecified atom stereocenters. The first kappa shape index (κ1) is 28.2. The Kier molecular flexibility index (Phi) is 7.50. The van der Waals surface area contributed by atoms with Gasteiger partial charge in [-0.1, -0.05) is 38.6 Å². The third-order valence-electron chi connectivity index (χ3n) is 7.71. The number of dihydropyridines is 1. The minimum Gasteiger partial charge on any atom is -0.383 e. The van der Waals surface area contributed by atoms with Crippen molar-refractivity contribution in [3.63, 3.8) is 0 Å². The van der Waals surface area contributed by atoms with E-state index in [1.54, 1.807) is 11.0 Å². The number of nitrogens with zero attached hydrogens (tertiary/aromatic N) is 5. The van der Waals surface area contributed by atoms with E-state index in [0.717, 1.165) is 11.3 Å². The Morgan fingerprint density at radius 1 is 1.12 bits per heavy atom. The van der Waals surface area contributed by atoms with Crippen molar-refractivity contribution < 1.29 is 13.6 Å². The maximum atomic E-state index is 15.8. The van der Waals surface area contributed by atoms with Crippen LogP contribution in [0.3, 0.4) is 0 Å². The smallest absolute Gasteiger partial charge is 0.355 e. The van der Waals surface area contributed by atoms with Crippen LogP contribution in [-0.4, -0.2) is 57.1 Å². The van der Waals surface area contributed by atoms with Crippen molar-refractivity contribution in [2.75, 3.05) is 24.5 Å². The number of nitrogens with one attached hydrogen (secondary N) is 1. The van der Waals surface area contributed by atoms with Crippen LogP contribution in [0.5, 0.6) is 0 Å². The van der Waals surface area contributed by atoms with Crippen LogP contribution in [0.1, 0.15) is 34.6 Å². The molecule has 0 spiro atoms. The molecular formula is C31H34F2N6O2. The number of hydrogen-bond acceptors (Lipinski definition) is 6. The van der Waals surface area contributed by atoms with E-state index in [0.29, 0.717) is 30.7 Å². The molecule has 5 rings (SSSR count). The highest BCUT2D eigenvalue weighted by molar-refractivity contribution is 5.93. The molecule has 41 heavy (non-hydrogen) atoms. The molecule has 10 heteroatoms. The van der Waals surface area contributed by atoms with Crippen molar-refractivity contribution in [2.24, 2.45) is 5.92 Å². The first-order valence-corrected chi connectivity index (χ1v) is 13.8. The number of benzene rings is 1. The Balaban J connectivity index is 1.80. The second-order valence-corrected chi connectivity index (χ2v) is 11.0. The largest absolute Gasteiger partial charge is 0.383 e. The summed E-state index contributed by atoms with van der Waals surface area (Å²) in [5.41, 5.74) is 1.68. The lowest BCUT2D eigenvalue weighted by Crippen LogP contribution is -2.58. The number of anilines is 1. The average molecular weight is 561 g/mol. The van der Waals surface area contributed by atoms with Gasteiger partial charge in [-0.2, -0.15) is 4.98 Å². The van der Waals surface area contributed by atoms with Crippen LogP contribution in [0.15, 0.2) is 65.1 Å². The standard InChI is InChI=1S/C31H34F2N6O2/c1-7-25(40)38-19(5)15-37(16-20(38)6)29-22-14-24(33)27(21-10-8-9-11-23(21)32)35-30(22)39(31(41)36-29)28-18(4)12-13-34-26(28)17(2)3/h7-12,14,17,19-20,34H,1,13,15-16H2,2-6H3/t19-,20+. The van der Waals surface area contributed by atoms with Crippen molar-refractivity contribution in [1.29, 1.82) is 0 Å². The van der Waals surface area contributed by atoms with E-state index in [4.69, 9.17) is 0 Å². The number of aromatic nitrogens is 3. The molecule has 0 aliphatic carbocycles. The van der Waals surface area contributed by atoms with Crippen LogP contribution in [-0.2, 0) is 4.79 Å². The van der Waals surface area contributed by atoms with E-state index >= 15 is 4.39 Å². The molecule has 1 saturated heterocycles. The number of fused-ring (bicyclic) bond motifs is 1. The first-order valence-electron chi connectivity index (χ1n) is 13.8. The summed E-state index contributed by atoms with van der Waals surface area (Å²) in [4.78, 5) is 39.2. The fourth-order valence-corrected chi connectivity index (χ4v) is 5.91. The Morgan fingerprint density at radius 2 is 1.80 bits per heavy atom. The number of halogens is 2. The summed E-state index contributed by atoms with van der Waals surface area (Å²) in [5.74, 6) is -1.22. The molecule has 3 aromatic rings. The maximum Gasteiger partial charge on any atom is 0.355 e. The topological polar surface area (TPSA) is 83.4 Å². The minimum absolute atomic E-state index is 0.00449.